The van der Waals surface area contributed by atoms with E-state index in [2.05, 4.69) is 19.2 Å². The van der Waals surface area contributed by atoms with E-state index in [9.17, 15) is 15.0 Å². The number of rotatable bonds is 56. The lowest BCUT2D eigenvalue weighted by atomic mass is 10.0. The van der Waals surface area contributed by atoms with Crippen LogP contribution in [0.1, 0.15) is 354 Å². The first-order chi connectivity index (χ1) is 31.2. The minimum atomic E-state index is -0.653. The van der Waals surface area contributed by atoms with Crippen LogP contribution in [0.3, 0.4) is 0 Å². The molecule has 3 N–H and O–H groups in total. The fraction of sp³-hybridized carbons (Fsp3) is 0.983. The van der Waals surface area contributed by atoms with Crippen LogP contribution in [0.4, 0.5) is 0 Å². The molecule has 0 bridgehead atoms. The lowest BCUT2D eigenvalue weighted by Crippen LogP contribution is -2.45. The molecular formula is C59H119NO3. The Labute approximate surface area is 397 Å². The zero-order valence-corrected chi connectivity index (χ0v) is 43.6. The molecule has 0 radical (unpaired) electrons. The van der Waals surface area contributed by atoms with Gasteiger partial charge >= 0.3 is 0 Å². The number of carbonyl (C=O) groups excluding carboxylic acids is 1. The lowest BCUT2D eigenvalue weighted by molar-refractivity contribution is -0.123. The average Bonchev–Trinajstić information content (AvgIpc) is 3.29. The highest BCUT2D eigenvalue weighted by molar-refractivity contribution is 5.76. The van der Waals surface area contributed by atoms with Gasteiger partial charge in [0.1, 0.15) is 0 Å². The summed E-state index contributed by atoms with van der Waals surface area (Å²) in [7, 11) is 0. The van der Waals surface area contributed by atoms with Crippen molar-refractivity contribution in [2.24, 2.45) is 0 Å². The van der Waals surface area contributed by atoms with Gasteiger partial charge in [-0.15, -0.1) is 0 Å². The number of carbonyl (C=O) groups is 1. The molecule has 0 aliphatic heterocycles. The van der Waals surface area contributed by atoms with Crippen molar-refractivity contribution >= 4 is 5.91 Å². The summed E-state index contributed by atoms with van der Waals surface area (Å²) < 4.78 is 0. The van der Waals surface area contributed by atoms with Crippen molar-refractivity contribution in [3.8, 4) is 0 Å². The van der Waals surface area contributed by atoms with E-state index < -0.39 is 12.1 Å². The largest absolute Gasteiger partial charge is 0.394 e. The van der Waals surface area contributed by atoms with Crippen LogP contribution in [-0.2, 0) is 4.79 Å². The monoisotopic (exact) mass is 890 g/mol. The Morgan fingerprint density at radius 2 is 0.508 bits per heavy atom. The first kappa shape index (κ1) is 62.4. The fourth-order valence-corrected chi connectivity index (χ4v) is 9.84. The zero-order chi connectivity index (χ0) is 45.6. The van der Waals surface area contributed by atoms with Crippen LogP contribution >= 0.6 is 0 Å². The van der Waals surface area contributed by atoms with Crippen molar-refractivity contribution in [2.75, 3.05) is 6.61 Å². The smallest absolute Gasteiger partial charge is 0.220 e. The van der Waals surface area contributed by atoms with Crippen molar-refractivity contribution < 1.29 is 15.0 Å². The van der Waals surface area contributed by atoms with E-state index in [-0.39, 0.29) is 12.5 Å². The summed E-state index contributed by atoms with van der Waals surface area (Å²) in [5, 5.41) is 23.2. The summed E-state index contributed by atoms with van der Waals surface area (Å²) in [6.45, 7) is 4.38. The van der Waals surface area contributed by atoms with Crippen molar-refractivity contribution in [1.29, 1.82) is 0 Å². The molecule has 0 aliphatic carbocycles. The average molecular weight is 891 g/mol. The van der Waals surface area contributed by atoms with Gasteiger partial charge in [0.25, 0.3) is 0 Å². The second kappa shape index (κ2) is 55.7. The molecule has 63 heavy (non-hydrogen) atoms. The zero-order valence-electron chi connectivity index (χ0n) is 43.6. The second-order valence-electron chi connectivity index (χ2n) is 20.8. The van der Waals surface area contributed by atoms with Crippen molar-refractivity contribution in [2.45, 2.75) is 366 Å². The molecule has 0 heterocycles. The molecule has 2 unspecified atom stereocenters. The van der Waals surface area contributed by atoms with Crippen molar-refractivity contribution in [3.05, 3.63) is 0 Å². The Kier molecular flexibility index (Phi) is 55.2. The Balaban J connectivity index is 3.28. The number of aliphatic hydroxyl groups is 2. The second-order valence-corrected chi connectivity index (χ2v) is 20.8. The van der Waals surface area contributed by atoms with Gasteiger partial charge in [-0.3, -0.25) is 4.79 Å². The molecule has 0 aromatic rings. The fourth-order valence-electron chi connectivity index (χ4n) is 9.84. The highest BCUT2D eigenvalue weighted by Crippen LogP contribution is 2.19. The number of hydrogen-bond acceptors (Lipinski definition) is 3. The molecule has 1 amide bonds. The van der Waals surface area contributed by atoms with Gasteiger partial charge in [0.2, 0.25) is 5.91 Å². The summed E-state index contributed by atoms with van der Waals surface area (Å²) in [6.07, 6.45) is 71.4. The number of aliphatic hydroxyl groups excluding tert-OH is 2. The Morgan fingerprint density at radius 1 is 0.317 bits per heavy atom. The summed E-state index contributed by atoms with van der Waals surface area (Å²) in [5.74, 6) is -0.0244. The van der Waals surface area contributed by atoms with Crippen molar-refractivity contribution in [1.82, 2.24) is 5.32 Å². The minimum absolute atomic E-state index is 0.0244. The number of hydrogen-bond donors (Lipinski definition) is 3. The lowest BCUT2D eigenvalue weighted by Gasteiger charge is -2.22. The molecule has 2 atom stereocenters. The predicted molar refractivity (Wildman–Crippen MR) is 281 cm³/mol. The van der Waals surface area contributed by atoms with Crippen LogP contribution in [0, 0.1) is 0 Å². The maximum Gasteiger partial charge on any atom is 0.220 e. The molecule has 0 aromatic carbocycles. The van der Waals surface area contributed by atoms with E-state index in [1.54, 1.807) is 0 Å². The van der Waals surface area contributed by atoms with Gasteiger partial charge in [0.05, 0.1) is 18.8 Å². The summed E-state index contributed by atoms with van der Waals surface area (Å²) in [4.78, 5) is 12.4. The first-order valence-electron chi connectivity index (χ1n) is 29.7. The third-order valence-corrected chi connectivity index (χ3v) is 14.4. The molecule has 0 spiro atoms. The molecule has 0 fully saturated rings. The SMILES string of the molecule is CCCCCCCCCCCCCCCCCCCCCCCCCCCCCCCCCCCCCCCCCCC(=O)NC(CO)C(O)CCCCCCCCCCCCC. The van der Waals surface area contributed by atoms with Gasteiger partial charge in [-0.05, 0) is 12.8 Å². The molecule has 4 nitrogen and oxygen atoms in total. The number of nitrogens with one attached hydrogen (secondary N) is 1. The van der Waals surface area contributed by atoms with Crippen LogP contribution in [0.15, 0.2) is 0 Å². The summed E-state index contributed by atoms with van der Waals surface area (Å²) in [5.41, 5.74) is 0. The maximum absolute atomic E-state index is 12.4. The third-order valence-electron chi connectivity index (χ3n) is 14.4. The third kappa shape index (κ3) is 52.2. The molecule has 0 saturated carbocycles. The van der Waals surface area contributed by atoms with Gasteiger partial charge < -0.3 is 15.5 Å². The van der Waals surface area contributed by atoms with E-state index in [4.69, 9.17) is 0 Å². The predicted octanol–water partition coefficient (Wildman–Crippen LogP) is 19.5. The van der Waals surface area contributed by atoms with Gasteiger partial charge in [0, 0.05) is 6.42 Å². The van der Waals surface area contributed by atoms with Gasteiger partial charge in [0.15, 0.2) is 0 Å². The quantitative estimate of drug-likeness (QED) is 0.0533. The highest BCUT2D eigenvalue weighted by atomic mass is 16.3. The Hall–Kier alpha value is -0.610. The molecule has 0 aromatic heterocycles. The van der Waals surface area contributed by atoms with Gasteiger partial charge in [-0.25, -0.2) is 0 Å². The Morgan fingerprint density at radius 3 is 0.714 bits per heavy atom. The number of amides is 1. The highest BCUT2D eigenvalue weighted by Gasteiger charge is 2.20. The molecule has 0 saturated heterocycles. The van der Waals surface area contributed by atoms with Gasteiger partial charge in [-0.2, -0.15) is 0 Å². The van der Waals surface area contributed by atoms with E-state index >= 15 is 0 Å². The van der Waals surface area contributed by atoms with E-state index in [1.165, 1.54) is 302 Å². The summed E-state index contributed by atoms with van der Waals surface area (Å²) >= 11 is 0. The molecule has 4 heteroatoms. The van der Waals surface area contributed by atoms with Gasteiger partial charge in [-0.1, -0.05) is 335 Å². The first-order valence-corrected chi connectivity index (χ1v) is 29.7. The number of unbranched alkanes of at least 4 members (excludes halogenated alkanes) is 49. The molecule has 0 rings (SSSR count). The minimum Gasteiger partial charge on any atom is -0.394 e. The topological polar surface area (TPSA) is 69.6 Å². The van der Waals surface area contributed by atoms with E-state index in [1.807, 2.05) is 0 Å². The standard InChI is InChI=1S/C59H119NO3/c1-3-5-7-9-11-13-15-16-17-18-19-20-21-22-23-24-25-26-27-28-29-30-31-32-33-34-35-36-37-38-39-40-41-42-43-45-47-49-51-53-55-59(63)60-57(56-61)58(62)54-52-50-48-46-44-14-12-10-8-6-4-2/h57-58,61-62H,3-56H2,1-2H3,(H,60,63). The van der Waals surface area contributed by atoms with Crippen LogP contribution < -0.4 is 5.32 Å². The van der Waals surface area contributed by atoms with Crippen LogP contribution in [0.5, 0.6) is 0 Å². The summed E-state index contributed by atoms with van der Waals surface area (Å²) in [6, 6.07) is -0.529. The van der Waals surface area contributed by atoms with Crippen LogP contribution in [-0.4, -0.2) is 34.9 Å². The normalized spacial score (nSPS) is 12.6. The van der Waals surface area contributed by atoms with Crippen LogP contribution in [0.25, 0.3) is 0 Å². The van der Waals surface area contributed by atoms with E-state index in [0.29, 0.717) is 12.8 Å². The molecular weight excluding hydrogens is 771 g/mol. The maximum atomic E-state index is 12.4. The Bertz CT molecular complexity index is 834. The van der Waals surface area contributed by atoms with Crippen LogP contribution in [0.2, 0.25) is 0 Å². The molecule has 0 aliphatic rings. The van der Waals surface area contributed by atoms with E-state index in [0.717, 1.165) is 25.7 Å². The molecule has 378 valence electrons. The van der Waals surface area contributed by atoms with Crippen molar-refractivity contribution in [3.63, 3.8) is 0 Å².